The van der Waals surface area contributed by atoms with Gasteiger partial charge in [0.05, 0.1) is 19.2 Å². The summed E-state index contributed by atoms with van der Waals surface area (Å²) in [5.74, 6) is -5.08. The van der Waals surface area contributed by atoms with Crippen molar-refractivity contribution >= 4 is 5.97 Å². The van der Waals surface area contributed by atoms with E-state index in [0.29, 0.717) is 0 Å². The molecule has 0 aliphatic rings. The highest BCUT2D eigenvalue weighted by Crippen LogP contribution is 2.24. The van der Waals surface area contributed by atoms with E-state index in [0.717, 1.165) is 11.1 Å². The summed E-state index contributed by atoms with van der Waals surface area (Å²) in [5.41, 5.74) is 1.69. The second-order valence-electron chi connectivity index (χ2n) is 5.06. The molecule has 2 aromatic carbocycles. The van der Waals surface area contributed by atoms with Gasteiger partial charge in [-0.15, -0.1) is 0 Å². The maximum Gasteiger partial charge on any atom is 0.378 e. The molecule has 0 spiro atoms. The first-order valence-electron chi connectivity index (χ1n) is 7.43. The Labute approximate surface area is 134 Å². The van der Waals surface area contributed by atoms with Crippen LogP contribution in [0, 0.1) is 0 Å². The van der Waals surface area contributed by atoms with Crippen molar-refractivity contribution in [1.82, 2.24) is 5.32 Å². The molecular formula is C18H19F2NO2. The van der Waals surface area contributed by atoms with Crippen molar-refractivity contribution in [2.24, 2.45) is 0 Å². The number of hydrogen-bond donors (Lipinski definition) is 1. The summed E-state index contributed by atoms with van der Waals surface area (Å²) in [7, 11) is 0. The molecule has 0 aliphatic heterocycles. The van der Waals surface area contributed by atoms with Gasteiger partial charge in [0.15, 0.2) is 0 Å². The lowest BCUT2D eigenvalue weighted by atomic mass is 9.98. The van der Waals surface area contributed by atoms with Crippen molar-refractivity contribution in [3.63, 3.8) is 0 Å². The zero-order valence-corrected chi connectivity index (χ0v) is 12.8. The van der Waals surface area contributed by atoms with E-state index in [9.17, 15) is 13.6 Å². The van der Waals surface area contributed by atoms with Crippen LogP contribution in [0.4, 0.5) is 8.78 Å². The smallest absolute Gasteiger partial charge is 0.378 e. The summed E-state index contributed by atoms with van der Waals surface area (Å²) >= 11 is 0. The van der Waals surface area contributed by atoms with Crippen LogP contribution in [0.25, 0.3) is 0 Å². The van der Waals surface area contributed by atoms with Gasteiger partial charge in [0, 0.05) is 0 Å². The number of hydrogen-bond acceptors (Lipinski definition) is 3. The van der Waals surface area contributed by atoms with Crippen molar-refractivity contribution < 1.29 is 18.3 Å². The number of nitrogens with one attached hydrogen (secondary N) is 1. The number of benzene rings is 2. The first-order valence-corrected chi connectivity index (χ1v) is 7.43. The molecule has 0 fully saturated rings. The van der Waals surface area contributed by atoms with E-state index in [1.54, 1.807) is 0 Å². The van der Waals surface area contributed by atoms with Crippen LogP contribution in [0.3, 0.4) is 0 Å². The Bertz CT molecular complexity index is 578. The lowest BCUT2D eigenvalue weighted by Crippen LogP contribution is -2.42. The van der Waals surface area contributed by atoms with E-state index < -0.39 is 24.5 Å². The molecule has 0 bridgehead atoms. The van der Waals surface area contributed by atoms with Gasteiger partial charge >= 0.3 is 11.9 Å². The Hall–Kier alpha value is -2.27. The molecule has 5 heteroatoms. The number of alkyl halides is 2. The molecule has 2 rings (SSSR count). The van der Waals surface area contributed by atoms with E-state index in [1.165, 1.54) is 6.92 Å². The van der Waals surface area contributed by atoms with Crippen molar-refractivity contribution in [3.8, 4) is 0 Å². The first kappa shape index (κ1) is 17.1. The van der Waals surface area contributed by atoms with Gasteiger partial charge < -0.3 is 4.74 Å². The van der Waals surface area contributed by atoms with Crippen molar-refractivity contribution in [1.29, 1.82) is 0 Å². The van der Waals surface area contributed by atoms with Crippen LogP contribution in [-0.4, -0.2) is 25.0 Å². The number of ether oxygens (including phenoxy) is 1. The normalized spacial score (nSPS) is 11.5. The van der Waals surface area contributed by atoms with E-state index in [4.69, 9.17) is 0 Å². The molecule has 122 valence electrons. The SMILES string of the molecule is CCOC(=O)C(F)(F)CNC(c1ccccc1)c1ccccc1. The largest absolute Gasteiger partial charge is 0.462 e. The minimum Gasteiger partial charge on any atom is -0.462 e. The average molecular weight is 319 g/mol. The van der Waals surface area contributed by atoms with Crippen LogP contribution in [0.1, 0.15) is 24.1 Å². The second kappa shape index (κ2) is 7.83. The molecule has 0 aromatic heterocycles. The van der Waals surface area contributed by atoms with Crippen molar-refractivity contribution in [3.05, 3.63) is 71.8 Å². The summed E-state index contributed by atoms with van der Waals surface area (Å²) in [5, 5.41) is 2.78. The molecule has 0 saturated heterocycles. The van der Waals surface area contributed by atoms with Gasteiger partial charge in [0.2, 0.25) is 0 Å². The number of carbonyl (C=O) groups excluding carboxylic acids is 1. The van der Waals surface area contributed by atoms with Gasteiger partial charge in [-0.25, -0.2) is 4.79 Å². The number of rotatable bonds is 7. The third kappa shape index (κ3) is 4.60. The third-order valence-corrected chi connectivity index (χ3v) is 3.37. The van der Waals surface area contributed by atoms with Gasteiger partial charge in [0.25, 0.3) is 0 Å². The fraction of sp³-hybridized carbons (Fsp3) is 0.278. The van der Waals surface area contributed by atoms with Crippen LogP contribution in [-0.2, 0) is 9.53 Å². The monoisotopic (exact) mass is 319 g/mol. The minimum absolute atomic E-state index is 0.0742. The zero-order valence-electron chi connectivity index (χ0n) is 12.8. The first-order chi connectivity index (χ1) is 11.0. The Morgan fingerprint density at radius 2 is 1.52 bits per heavy atom. The Kier molecular flexibility index (Phi) is 5.82. The molecule has 1 N–H and O–H groups in total. The summed E-state index contributed by atoms with van der Waals surface area (Å²) in [6.45, 7) is 0.633. The summed E-state index contributed by atoms with van der Waals surface area (Å²) < 4.78 is 32.1. The van der Waals surface area contributed by atoms with Crippen LogP contribution < -0.4 is 5.32 Å². The maximum absolute atomic E-state index is 13.9. The molecule has 0 saturated carbocycles. The second-order valence-corrected chi connectivity index (χ2v) is 5.06. The molecular weight excluding hydrogens is 300 g/mol. The predicted molar refractivity (Wildman–Crippen MR) is 84.3 cm³/mol. The van der Waals surface area contributed by atoms with E-state index in [-0.39, 0.29) is 6.61 Å². The summed E-state index contributed by atoms with van der Waals surface area (Å²) in [6, 6.07) is 18.1. The fourth-order valence-corrected chi connectivity index (χ4v) is 2.26. The van der Waals surface area contributed by atoms with Crippen LogP contribution in [0.15, 0.2) is 60.7 Å². The van der Waals surface area contributed by atoms with E-state index in [1.807, 2.05) is 60.7 Å². The molecule has 0 radical (unpaired) electrons. The zero-order chi connectivity index (χ0) is 16.7. The van der Waals surface area contributed by atoms with Gasteiger partial charge in [-0.2, -0.15) is 8.78 Å². The fourth-order valence-electron chi connectivity index (χ4n) is 2.26. The maximum atomic E-state index is 13.9. The molecule has 0 atom stereocenters. The third-order valence-electron chi connectivity index (χ3n) is 3.37. The molecule has 0 unspecified atom stereocenters. The quantitative estimate of drug-likeness (QED) is 0.793. The van der Waals surface area contributed by atoms with Crippen LogP contribution in [0.5, 0.6) is 0 Å². The Morgan fingerprint density at radius 3 is 1.96 bits per heavy atom. The number of esters is 1. The molecule has 0 aliphatic carbocycles. The highest BCUT2D eigenvalue weighted by molar-refractivity contribution is 5.77. The topological polar surface area (TPSA) is 38.3 Å². The van der Waals surface area contributed by atoms with Crippen LogP contribution >= 0.6 is 0 Å². The van der Waals surface area contributed by atoms with E-state index >= 15 is 0 Å². The lowest BCUT2D eigenvalue weighted by Gasteiger charge is -2.23. The number of halogens is 2. The molecule has 3 nitrogen and oxygen atoms in total. The van der Waals surface area contributed by atoms with E-state index in [2.05, 4.69) is 10.1 Å². The van der Waals surface area contributed by atoms with Gasteiger partial charge in [0.1, 0.15) is 0 Å². The van der Waals surface area contributed by atoms with Crippen molar-refractivity contribution in [2.75, 3.05) is 13.2 Å². The highest BCUT2D eigenvalue weighted by atomic mass is 19.3. The minimum atomic E-state index is -3.57. The highest BCUT2D eigenvalue weighted by Gasteiger charge is 2.40. The van der Waals surface area contributed by atoms with Crippen molar-refractivity contribution in [2.45, 2.75) is 18.9 Å². The summed E-state index contributed by atoms with van der Waals surface area (Å²) in [6.07, 6.45) is 0. The lowest BCUT2D eigenvalue weighted by molar-refractivity contribution is -0.170. The Balaban J connectivity index is 2.18. The molecule has 0 heterocycles. The van der Waals surface area contributed by atoms with Gasteiger partial charge in [-0.3, -0.25) is 5.32 Å². The molecule has 23 heavy (non-hydrogen) atoms. The molecule has 2 aromatic rings. The number of carbonyl (C=O) groups is 1. The standard InChI is InChI=1S/C18H19F2NO2/c1-2-23-17(22)18(19,20)13-21-16(14-9-5-3-6-10-14)15-11-7-4-8-12-15/h3-12,16,21H,2,13H2,1H3. The van der Waals surface area contributed by atoms with Crippen LogP contribution in [0.2, 0.25) is 0 Å². The van der Waals surface area contributed by atoms with Gasteiger partial charge in [-0.1, -0.05) is 60.7 Å². The Morgan fingerprint density at radius 1 is 1.04 bits per heavy atom. The summed E-state index contributed by atoms with van der Waals surface area (Å²) in [4.78, 5) is 11.3. The van der Waals surface area contributed by atoms with Gasteiger partial charge in [-0.05, 0) is 18.1 Å². The predicted octanol–water partition coefficient (Wildman–Crippen LogP) is 3.56. The average Bonchev–Trinajstić information content (AvgIpc) is 2.57. The molecule has 0 amide bonds.